The zero-order chi connectivity index (χ0) is 22.0. The van der Waals surface area contributed by atoms with E-state index in [0.29, 0.717) is 0 Å². The van der Waals surface area contributed by atoms with Crippen LogP contribution in [0, 0.1) is 0 Å². The van der Waals surface area contributed by atoms with Gasteiger partial charge in [-0.1, -0.05) is 24.3 Å². The van der Waals surface area contributed by atoms with Gasteiger partial charge in [-0.05, 0) is 95.5 Å². The summed E-state index contributed by atoms with van der Waals surface area (Å²) in [6.07, 6.45) is 11.8. The van der Waals surface area contributed by atoms with Crippen molar-refractivity contribution in [2.24, 2.45) is 0 Å². The second-order valence-corrected chi connectivity index (χ2v) is 9.17. The van der Waals surface area contributed by atoms with Gasteiger partial charge in [0, 0.05) is 49.3 Å². The Hall–Kier alpha value is -3.66. The summed E-state index contributed by atoms with van der Waals surface area (Å²) in [4.78, 5) is 13.3. The van der Waals surface area contributed by atoms with Gasteiger partial charge in [0.05, 0.1) is 6.67 Å². The van der Waals surface area contributed by atoms with E-state index in [2.05, 4.69) is 80.4 Å². The van der Waals surface area contributed by atoms with Crippen LogP contribution in [0.1, 0.15) is 33.4 Å². The maximum Gasteiger partial charge on any atom is 0.0910 e. The second-order valence-electron chi connectivity index (χ2n) is 9.17. The predicted molar refractivity (Wildman–Crippen MR) is 133 cm³/mol. The number of rotatable bonds is 6. The summed E-state index contributed by atoms with van der Waals surface area (Å²) in [5.41, 5.74) is 11.2. The quantitative estimate of drug-likeness (QED) is 0.411. The molecule has 0 saturated carbocycles. The van der Waals surface area contributed by atoms with Crippen LogP contribution in [0.15, 0.2) is 85.5 Å². The third kappa shape index (κ3) is 4.21. The van der Waals surface area contributed by atoms with Crippen molar-refractivity contribution in [3.63, 3.8) is 0 Å². The molecule has 2 aromatic carbocycles. The van der Waals surface area contributed by atoms with Gasteiger partial charge in [-0.15, -0.1) is 0 Å². The topological polar surface area (TPSA) is 32.3 Å². The molecule has 4 nitrogen and oxygen atoms in total. The van der Waals surface area contributed by atoms with E-state index in [1.165, 1.54) is 44.8 Å². The minimum absolute atomic E-state index is 0.979. The monoisotopic (exact) mass is 432 g/mol. The molecule has 0 radical (unpaired) electrons. The molecule has 0 aliphatic carbocycles. The molecule has 0 amide bonds. The first-order chi connectivity index (χ1) is 16.3. The number of pyridine rings is 2. The van der Waals surface area contributed by atoms with Crippen LogP contribution in [0.25, 0.3) is 0 Å². The van der Waals surface area contributed by atoms with Crippen LogP contribution in [0.3, 0.4) is 0 Å². The van der Waals surface area contributed by atoms with Crippen LogP contribution in [-0.2, 0) is 38.8 Å². The molecule has 0 N–H and O–H groups in total. The molecule has 33 heavy (non-hydrogen) atoms. The van der Waals surface area contributed by atoms with Gasteiger partial charge in [0.2, 0.25) is 0 Å². The SMILES string of the molecule is c1cc(CCc2ccc3c(c2)CN2CN3Cc3cc(CCc4ccncc4)ccc32)ccn1. The molecular weight excluding hydrogens is 404 g/mol. The van der Waals surface area contributed by atoms with Crippen LogP contribution in [0.4, 0.5) is 11.4 Å². The number of fused-ring (bicyclic) bond motifs is 6. The molecule has 0 spiro atoms. The Balaban J connectivity index is 1.17. The molecule has 0 unspecified atom stereocenters. The summed E-state index contributed by atoms with van der Waals surface area (Å²) < 4.78 is 0. The normalized spacial score (nSPS) is 14.1. The Bertz CT molecular complexity index is 1150. The highest BCUT2D eigenvalue weighted by Gasteiger charge is 2.29. The molecule has 164 valence electrons. The average Bonchev–Trinajstić information content (AvgIpc) is 2.87. The summed E-state index contributed by atoms with van der Waals surface area (Å²) in [6.45, 7) is 2.95. The molecule has 4 heteroatoms. The van der Waals surface area contributed by atoms with Crippen molar-refractivity contribution in [2.75, 3.05) is 16.5 Å². The first-order valence-corrected chi connectivity index (χ1v) is 11.8. The molecule has 4 heterocycles. The van der Waals surface area contributed by atoms with E-state index in [4.69, 9.17) is 0 Å². The highest BCUT2D eigenvalue weighted by molar-refractivity contribution is 5.68. The number of aryl methyl sites for hydroxylation is 4. The maximum atomic E-state index is 4.13. The molecule has 2 bridgehead atoms. The molecule has 0 saturated heterocycles. The van der Waals surface area contributed by atoms with Crippen molar-refractivity contribution < 1.29 is 0 Å². The van der Waals surface area contributed by atoms with Crippen LogP contribution >= 0.6 is 0 Å². The third-order valence-corrected chi connectivity index (χ3v) is 6.94. The lowest BCUT2D eigenvalue weighted by Gasteiger charge is -2.45. The van der Waals surface area contributed by atoms with E-state index in [1.807, 2.05) is 24.8 Å². The fraction of sp³-hybridized carbons (Fsp3) is 0.241. The summed E-state index contributed by atoms with van der Waals surface area (Å²) >= 11 is 0. The number of hydrogen-bond acceptors (Lipinski definition) is 4. The van der Waals surface area contributed by atoms with Crippen molar-refractivity contribution in [2.45, 2.75) is 38.8 Å². The summed E-state index contributed by atoms with van der Waals surface area (Å²) in [7, 11) is 0. The molecule has 4 aromatic rings. The van der Waals surface area contributed by atoms with Crippen LogP contribution in [0.5, 0.6) is 0 Å². The molecule has 2 aliphatic rings. The first-order valence-electron chi connectivity index (χ1n) is 11.8. The van der Waals surface area contributed by atoms with E-state index in [1.54, 1.807) is 0 Å². The fourth-order valence-electron chi connectivity index (χ4n) is 5.18. The summed E-state index contributed by atoms with van der Waals surface area (Å²) in [5.74, 6) is 0. The molecular formula is C29H28N4. The van der Waals surface area contributed by atoms with Gasteiger partial charge in [0.1, 0.15) is 0 Å². The maximum absolute atomic E-state index is 4.13. The minimum Gasteiger partial charge on any atom is -0.349 e. The predicted octanol–water partition coefficient (Wildman–Crippen LogP) is 5.34. The second kappa shape index (κ2) is 8.70. The molecule has 0 fully saturated rings. The lowest BCUT2D eigenvalue weighted by Crippen LogP contribution is -2.46. The minimum atomic E-state index is 0.979. The van der Waals surface area contributed by atoms with Gasteiger partial charge in [-0.25, -0.2) is 0 Å². The van der Waals surface area contributed by atoms with E-state index in [9.17, 15) is 0 Å². The lowest BCUT2D eigenvalue weighted by molar-refractivity contribution is 0.649. The van der Waals surface area contributed by atoms with Gasteiger partial charge in [-0.3, -0.25) is 9.97 Å². The van der Waals surface area contributed by atoms with E-state index < -0.39 is 0 Å². The number of anilines is 2. The first kappa shape index (κ1) is 20.0. The number of benzene rings is 2. The van der Waals surface area contributed by atoms with Gasteiger partial charge in [0.15, 0.2) is 0 Å². The molecule has 2 aromatic heterocycles. The Labute approximate surface area is 195 Å². The van der Waals surface area contributed by atoms with Gasteiger partial charge < -0.3 is 9.80 Å². The highest BCUT2D eigenvalue weighted by Crippen LogP contribution is 2.38. The van der Waals surface area contributed by atoms with Crippen molar-refractivity contribution in [1.29, 1.82) is 0 Å². The Morgan fingerprint density at radius 2 is 0.939 bits per heavy atom. The Morgan fingerprint density at radius 3 is 1.39 bits per heavy atom. The number of hydrogen-bond donors (Lipinski definition) is 0. The Kier molecular flexibility index (Phi) is 5.27. The van der Waals surface area contributed by atoms with Crippen molar-refractivity contribution >= 4 is 11.4 Å². The lowest BCUT2D eigenvalue weighted by atomic mass is 9.96. The standard InChI is InChI=1S/C29H28N4/c1(22-9-13-30-14-10-22)3-24-5-7-28-26(17-24)19-32-21-33(28)20-27-18-25(6-8-29(27)32)4-2-23-11-15-31-16-12-23/h5-18H,1-4,19-21H2. The highest BCUT2D eigenvalue weighted by atomic mass is 15.4. The van der Waals surface area contributed by atoms with Gasteiger partial charge in [0.25, 0.3) is 0 Å². The summed E-state index contributed by atoms with van der Waals surface area (Å²) in [5, 5.41) is 0. The summed E-state index contributed by atoms with van der Waals surface area (Å²) in [6, 6.07) is 22.6. The molecule has 6 rings (SSSR count). The zero-order valence-electron chi connectivity index (χ0n) is 18.8. The van der Waals surface area contributed by atoms with Crippen LogP contribution in [0.2, 0.25) is 0 Å². The zero-order valence-corrected chi connectivity index (χ0v) is 18.8. The van der Waals surface area contributed by atoms with Crippen LogP contribution < -0.4 is 9.80 Å². The van der Waals surface area contributed by atoms with E-state index >= 15 is 0 Å². The van der Waals surface area contributed by atoms with Crippen molar-refractivity contribution in [3.8, 4) is 0 Å². The average molecular weight is 433 g/mol. The Morgan fingerprint density at radius 1 is 0.515 bits per heavy atom. The number of nitrogens with zero attached hydrogens (tertiary/aromatic N) is 4. The third-order valence-electron chi connectivity index (χ3n) is 6.94. The van der Waals surface area contributed by atoms with Crippen molar-refractivity contribution in [1.82, 2.24) is 9.97 Å². The fourth-order valence-corrected chi connectivity index (χ4v) is 5.18. The molecule has 2 aliphatic heterocycles. The van der Waals surface area contributed by atoms with E-state index in [-0.39, 0.29) is 0 Å². The van der Waals surface area contributed by atoms with Gasteiger partial charge in [-0.2, -0.15) is 0 Å². The molecule has 0 atom stereocenters. The van der Waals surface area contributed by atoms with Gasteiger partial charge >= 0.3 is 0 Å². The smallest absolute Gasteiger partial charge is 0.0910 e. The van der Waals surface area contributed by atoms with Crippen molar-refractivity contribution in [3.05, 3.63) is 119 Å². The van der Waals surface area contributed by atoms with Crippen LogP contribution in [-0.4, -0.2) is 16.6 Å². The van der Waals surface area contributed by atoms with E-state index in [0.717, 1.165) is 45.4 Å². The largest absolute Gasteiger partial charge is 0.349 e. The number of aromatic nitrogens is 2.